The summed E-state index contributed by atoms with van der Waals surface area (Å²) >= 11 is 0. The van der Waals surface area contributed by atoms with Crippen LogP contribution in [0.15, 0.2) is 36.5 Å². The lowest BCUT2D eigenvalue weighted by Crippen LogP contribution is -2.08. The van der Waals surface area contributed by atoms with Crippen LogP contribution in [0.25, 0.3) is 0 Å². The fraction of sp³-hybridized carbons (Fsp3) is 0.133. The molecule has 0 radical (unpaired) electrons. The van der Waals surface area contributed by atoms with E-state index in [1.54, 1.807) is 24.3 Å². The summed E-state index contributed by atoms with van der Waals surface area (Å²) in [5.74, 6) is -0.668. The van der Waals surface area contributed by atoms with Gasteiger partial charge in [0.05, 0.1) is 29.2 Å². The lowest BCUT2D eigenvalue weighted by molar-refractivity contribution is -0.384. The van der Waals surface area contributed by atoms with Crippen LogP contribution in [0.5, 0.6) is 0 Å². The Morgan fingerprint density at radius 3 is 2.91 bits per heavy atom. The first-order valence-corrected chi connectivity index (χ1v) is 6.51. The summed E-state index contributed by atoms with van der Waals surface area (Å²) in [5.41, 5.74) is 0.936. The summed E-state index contributed by atoms with van der Waals surface area (Å²) in [6.45, 7) is 0.251. The third-order valence-electron chi connectivity index (χ3n) is 3.00. The molecule has 23 heavy (non-hydrogen) atoms. The zero-order valence-electron chi connectivity index (χ0n) is 12.1. The largest absolute Gasteiger partial charge is 0.465 e. The maximum atomic E-state index is 11.4. The number of ether oxygens (including phenoxy) is 1. The monoisotopic (exact) mass is 312 g/mol. The van der Waals surface area contributed by atoms with Gasteiger partial charge in [0, 0.05) is 18.8 Å². The molecule has 1 heterocycles. The van der Waals surface area contributed by atoms with Gasteiger partial charge in [-0.15, -0.1) is 0 Å². The first-order valence-electron chi connectivity index (χ1n) is 6.51. The highest BCUT2D eigenvalue weighted by atomic mass is 16.6. The number of carbonyl (C=O) groups is 1. The second-order valence-electron chi connectivity index (χ2n) is 4.51. The molecule has 8 heteroatoms. The van der Waals surface area contributed by atoms with Crippen molar-refractivity contribution in [3.63, 3.8) is 0 Å². The van der Waals surface area contributed by atoms with E-state index in [9.17, 15) is 14.9 Å². The second kappa shape index (κ2) is 7.00. The van der Waals surface area contributed by atoms with Crippen LogP contribution < -0.4 is 5.32 Å². The molecular weight excluding hydrogens is 300 g/mol. The Morgan fingerprint density at radius 1 is 1.48 bits per heavy atom. The van der Waals surface area contributed by atoms with Crippen molar-refractivity contribution in [2.45, 2.75) is 6.54 Å². The van der Waals surface area contributed by atoms with E-state index in [1.165, 1.54) is 13.3 Å². The van der Waals surface area contributed by atoms with Crippen molar-refractivity contribution in [1.29, 1.82) is 5.26 Å². The van der Waals surface area contributed by atoms with Crippen LogP contribution in [0.4, 0.5) is 11.5 Å². The lowest BCUT2D eigenvalue weighted by atomic mass is 10.1. The molecule has 1 N–H and O–H groups in total. The summed E-state index contributed by atoms with van der Waals surface area (Å²) in [7, 11) is 1.18. The van der Waals surface area contributed by atoms with E-state index in [4.69, 9.17) is 5.26 Å². The number of nitrogens with zero attached hydrogens (tertiary/aromatic N) is 3. The second-order valence-corrected chi connectivity index (χ2v) is 4.51. The van der Waals surface area contributed by atoms with E-state index in [0.29, 0.717) is 5.56 Å². The maximum Gasteiger partial charge on any atom is 0.339 e. The normalized spacial score (nSPS) is 9.74. The molecular formula is C15H12N4O4. The van der Waals surface area contributed by atoms with Crippen molar-refractivity contribution in [2.75, 3.05) is 12.4 Å². The van der Waals surface area contributed by atoms with Crippen LogP contribution >= 0.6 is 0 Å². The summed E-state index contributed by atoms with van der Waals surface area (Å²) in [6, 6.07) is 9.95. The van der Waals surface area contributed by atoms with Gasteiger partial charge in [0.2, 0.25) is 5.82 Å². The number of carbonyl (C=O) groups excluding carboxylic acids is 1. The lowest BCUT2D eigenvalue weighted by Gasteiger charge is -2.07. The Hall–Kier alpha value is -3.47. The fourth-order valence-corrected chi connectivity index (χ4v) is 1.89. The van der Waals surface area contributed by atoms with Crippen molar-refractivity contribution in [1.82, 2.24) is 4.98 Å². The Balaban J connectivity index is 2.23. The van der Waals surface area contributed by atoms with Gasteiger partial charge in [-0.2, -0.15) is 5.26 Å². The zero-order chi connectivity index (χ0) is 16.8. The maximum absolute atomic E-state index is 11.4. The highest BCUT2D eigenvalue weighted by Gasteiger charge is 2.19. The minimum absolute atomic E-state index is 0.00349. The summed E-state index contributed by atoms with van der Waals surface area (Å²) in [5, 5.41) is 22.8. The molecule has 2 rings (SSSR count). The number of hydrogen-bond donors (Lipinski definition) is 1. The minimum Gasteiger partial charge on any atom is -0.465 e. The predicted octanol–water partition coefficient (Wildman–Crippen LogP) is 2.26. The molecule has 0 amide bonds. The van der Waals surface area contributed by atoms with Gasteiger partial charge >= 0.3 is 11.7 Å². The van der Waals surface area contributed by atoms with Gasteiger partial charge in [0.1, 0.15) is 0 Å². The molecule has 1 aromatic carbocycles. The molecule has 0 fully saturated rings. The van der Waals surface area contributed by atoms with Crippen LogP contribution in [-0.2, 0) is 11.3 Å². The highest BCUT2D eigenvalue weighted by molar-refractivity contribution is 5.90. The molecule has 8 nitrogen and oxygen atoms in total. The Bertz CT molecular complexity index is 798. The molecule has 0 atom stereocenters. The molecule has 0 saturated carbocycles. The molecule has 1 aromatic heterocycles. The zero-order valence-corrected chi connectivity index (χ0v) is 12.1. The number of rotatable bonds is 5. The average molecular weight is 312 g/mol. The predicted molar refractivity (Wildman–Crippen MR) is 80.7 cm³/mol. The van der Waals surface area contributed by atoms with Gasteiger partial charge in [-0.05, 0) is 17.7 Å². The van der Waals surface area contributed by atoms with Crippen molar-refractivity contribution in [3.8, 4) is 6.07 Å². The van der Waals surface area contributed by atoms with Crippen molar-refractivity contribution >= 4 is 17.5 Å². The Labute approximate surface area is 131 Å². The molecule has 0 aliphatic carbocycles. The number of nitro groups is 1. The Morgan fingerprint density at radius 2 is 2.26 bits per heavy atom. The number of pyridine rings is 1. The highest BCUT2D eigenvalue weighted by Crippen LogP contribution is 2.23. The van der Waals surface area contributed by atoms with E-state index in [0.717, 1.165) is 11.6 Å². The first-order chi connectivity index (χ1) is 11.0. The molecule has 0 unspecified atom stereocenters. The molecule has 0 aliphatic rings. The number of hydrogen-bond acceptors (Lipinski definition) is 7. The SMILES string of the molecule is COC(=O)c1cnc(NCc2cccc(C#N)c2)c([N+](=O)[O-])c1. The summed E-state index contributed by atoms with van der Waals surface area (Å²) < 4.78 is 4.51. The number of nitriles is 1. The number of aromatic nitrogens is 1. The van der Waals surface area contributed by atoms with Gasteiger partial charge in [-0.25, -0.2) is 9.78 Å². The molecule has 0 aliphatic heterocycles. The topological polar surface area (TPSA) is 118 Å². The molecule has 0 saturated heterocycles. The van der Waals surface area contributed by atoms with Gasteiger partial charge in [0.25, 0.3) is 0 Å². The third kappa shape index (κ3) is 3.79. The van der Waals surface area contributed by atoms with E-state index < -0.39 is 10.9 Å². The number of anilines is 1. The quantitative estimate of drug-likeness (QED) is 0.511. The Kier molecular flexibility index (Phi) is 4.84. The van der Waals surface area contributed by atoms with E-state index >= 15 is 0 Å². The van der Waals surface area contributed by atoms with Crippen molar-refractivity contribution in [3.05, 3.63) is 63.3 Å². The molecule has 2 aromatic rings. The fourth-order valence-electron chi connectivity index (χ4n) is 1.89. The van der Waals surface area contributed by atoms with Gasteiger partial charge < -0.3 is 10.1 Å². The van der Waals surface area contributed by atoms with Crippen LogP contribution in [-0.4, -0.2) is 23.0 Å². The number of nitrogens with one attached hydrogen (secondary N) is 1. The molecule has 0 bridgehead atoms. The third-order valence-corrected chi connectivity index (χ3v) is 3.00. The van der Waals surface area contributed by atoms with Crippen LogP contribution in [0, 0.1) is 21.4 Å². The number of methoxy groups -OCH3 is 1. The number of esters is 1. The standard InChI is InChI=1S/C15H12N4O4/c1-23-15(20)12-6-13(19(21)22)14(18-9-12)17-8-11-4-2-3-10(5-11)7-16/h2-6,9H,8H2,1H3,(H,17,18). The molecule has 116 valence electrons. The van der Waals surface area contributed by atoms with Gasteiger partial charge in [-0.1, -0.05) is 12.1 Å². The van der Waals surface area contributed by atoms with Crippen molar-refractivity contribution in [2.24, 2.45) is 0 Å². The first kappa shape index (κ1) is 15.9. The van der Waals surface area contributed by atoms with Crippen LogP contribution in [0.2, 0.25) is 0 Å². The smallest absolute Gasteiger partial charge is 0.339 e. The van der Waals surface area contributed by atoms with Crippen LogP contribution in [0.3, 0.4) is 0 Å². The summed E-state index contributed by atoms with van der Waals surface area (Å²) in [4.78, 5) is 25.8. The molecule has 0 spiro atoms. The van der Waals surface area contributed by atoms with Gasteiger partial charge in [-0.3, -0.25) is 10.1 Å². The van der Waals surface area contributed by atoms with Gasteiger partial charge in [0.15, 0.2) is 0 Å². The van der Waals surface area contributed by atoms with E-state index in [1.807, 2.05) is 6.07 Å². The summed E-state index contributed by atoms with van der Waals surface area (Å²) in [6.07, 6.45) is 1.20. The average Bonchev–Trinajstić information content (AvgIpc) is 2.59. The van der Waals surface area contributed by atoms with E-state index in [-0.39, 0.29) is 23.6 Å². The van der Waals surface area contributed by atoms with Crippen molar-refractivity contribution < 1.29 is 14.5 Å². The van der Waals surface area contributed by atoms with E-state index in [2.05, 4.69) is 15.0 Å². The minimum atomic E-state index is -0.700. The number of benzene rings is 1. The van der Waals surface area contributed by atoms with Crippen LogP contribution in [0.1, 0.15) is 21.5 Å².